The normalized spacial score (nSPS) is 11.9. The fourth-order valence-corrected chi connectivity index (χ4v) is 2.19. The van der Waals surface area contributed by atoms with E-state index in [2.05, 4.69) is 0 Å². The monoisotopic (exact) mass is 269 g/mol. The van der Waals surface area contributed by atoms with Gasteiger partial charge < -0.3 is 4.74 Å². The van der Waals surface area contributed by atoms with Crippen LogP contribution in [-0.4, -0.2) is 23.3 Å². The fourth-order valence-electron chi connectivity index (χ4n) is 1.38. The second-order valence-electron chi connectivity index (χ2n) is 3.61. The number of ether oxygens (including phenoxy) is 1. The highest BCUT2D eigenvalue weighted by molar-refractivity contribution is 8.00. The third-order valence-electron chi connectivity index (χ3n) is 2.31. The van der Waals surface area contributed by atoms with Crippen LogP contribution in [0.3, 0.4) is 0 Å². The maximum absolute atomic E-state index is 11.2. The average Bonchev–Trinajstić information content (AvgIpc) is 2.36. The first-order valence-electron chi connectivity index (χ1n) is 5.56. The number of non-ortho nitro benzene ring substituents is 1. The van der Waals surface area contributed by atoms with Gasteiger partial charge in [0.05, 0.1) is 17.3 Å². The smallest absolute Gasteiger partial charge is 0.315 e. The largest absolute Gasteiger partial charge is 0.465 e. The molecule has 1 aromatic carbocycles. The van der Waals surface area contributed by atoms with Crippen LogP contribution in [0.15, 0.2) is 24.3 Å². The Balaban J connectivity index is 2.61. The summed E-state index contributed by atoms with van der Waals surface area (Å²) in [6.45, 7) is 4.03. The Morgan fingerprint density at radius 3 is 2.89 bits per heavy atom. The molecule has 0 saturated carbocycles. The van der Waals surface area contributed by atoms with E-state index in [-0.39, 0.29) is 22.7 Å². The highest BCUT2D eigenvalue weighted by Crippen LogP contribution is 2.30. The molecule has 0 aliphatic heterocycles. The Morgan fingerprint density at radius 2 is 2.28 bits per heavy atom. The third kappa shape index (κ3) is 4.37. The first-order chi connectivity index (χ1) is 8.54. The Bertz CT molecular complexity index is 436. The molecule has 0 saturated heterocycles. The Labute approximate surface area is 110 Å². The van der Waals surface area contributed by atoms with Crippen LogP contribution < -0.4 is 0 Å². The van der Waals surface area contributed by atoms with Crippen LogP contribution in [-0.2, 0) is 9.53 Å². The quantitative estimate of drug-likeness (QED) is 0.451. The maximum Gasteiger partial charge on any atom is 0.315 e. The minimum atomic E-state index is -0.424. The zero-order chi connectivity index (χ0) is 13.5. The number of esters is 1. The number of carbonyl (C=O) groups excluding carboxylic acids is 1. The molecule has 0 spiro atoms. The summed E-state index contributed by atoms with van der Waals surface area (Å²) in [6.07, 6.45) is 0. The molecule has 1 aromatic rings. The van der Waals surface area contributed by atoms with Crippen molar-refractivity contribution in [1.82, 2.24) is 0 Å². The second kappa shape index (κ2) is 7.00. The van der Waals surface area contributed by atoms with Gasteiger partial charge in [0.15, 0.2) is 0 Å². The molecule has 0 amide bonds. The number of benzene rings is 1. The predicted octanol–water partition coefficient (Wildman–Crippen LogP) is 2.95. The van der Waals surface area contributed by atoms with Crippen molar-refractivity contribution in [2.75, 3.05) is 12.4 Å². The van der Waals surface area contributed by atoms with E-state index in [0.717, 1.165) is 5.56 Å². The van der Waals surface area contributed by atoms with E-state index >= 15 is 0 Å². The van der Waals surface area contributed by atoms with Crippen molar-refractivity contribution in [3.8, 4) is 0 Å². The predicted molar refractivity (Wildman–Crippen MR) is 70.6 cm³/mol. The fraction of sp³-hybridized carbons (Fsp3) is 0.417. The lowest BCUT2D eigenvalue weighted by molar-refractivity contribution is -0.384. The molecule has 0 radical (unpaired) electrons. The molecule has 0 aliphatic rings. The summed E-state index contributed by atoms with van der Waals surface area (Å²) in [6, 6.07) is 6.44. The Hall–Kier alpha value is -1.56. The van der Waals surface area contributed by atoms with E-state index in [1.54, 1.807) is 13.0 Å². The lowest BCUT2D eigenvalue weighted by Crippen LogP contribution is -2.07. The molecule has 0 aromatic heterocycles. The van der Waals surface area contributed by atoms with Crippen molar-refractivity contribution in [3.63, 3.8) is 0 Å². The number of hydrogen-bond donors (Lipinski definition) is 0. The van der Waals surface area contributed by atoms with Gasteiger partial charge in [0.2, 0.25) is 0 Å². The van der Waals surface area contributed by atoms with E-state index in [9.17, 15) is 14.9 Å². The van der Waals surface area contributed by atoms with Crippen LogP contribution >= 0.6 is 11.8 Å². The molecule has 1 rings (SSSR count). The molecule has 1 atom stereocenters. The molecule has 0 N–H and O–H groups in total. The summed E-state index contributed by atoms with van der Waals surface area (Å²) in [5.41, 5.74) is 0.898. The van der Waals surface area contributed by atoms with Gasteiger partial charge in [-0.1, -0.05) is 12.1 Å². The molecule has 0 aliphatic carbocycles. The topological polar surface area (TPSA) is 69.4 Å². The number of thioether (sulfide) groups is 1. The van der Waals surface area contributed by atoms with E-state index in [1.165, 1.54) is 23.9 Å². The van der Waals surface area contributed by atoms with Crippen LogP contribution in [0, 0.1) is 10.1 Å². The van der Waals surface area contributed by atoms with E-state index < -0.39 is 4.92 Å². The minimum absolute atomic E-state index is 0.00862. The van der Waals surface area contributed by atoms with Gasteiger partial charge in [-0.25, -0.2) is 0 Å². The van der Waals surface area contributed by atoms with Gasteiger partial charge in [-0.3, -0.25) is 14.9 Å². The maximum atomic E-state index is 11.2. The van der Waals surface area contributed by atoms with Crippen molar-refractivity contribution in [2.45, 2.75) is 19.1 Å². The van der Waals surface area contributed by atoms with Crippen molar-refractivity contribution >= 4 is 23.4 Å². The number of rotatable bonds is 6. The van der Waals surface area contributed by atoms with Crippen molar-refractivity contribution in [1.29, 1.82) is 0 Å². The van der Waals surface area contributed by atoms with Crippen LogP contribution in [0.5, 0.6) is 0 Å². The lowest BCUT2D eigenvalue weighted by Gasteiger charge is -2.10. The highest BCUT2D eigenvalue weighted by atomic mass is 32.2. The summed E-state index contributed by atoms with van der Waals surface area (Å²) in [4.78, 5) is 21.4. The zero-order valence-corrected chi connectivity index (χ0v) is 11.1. The molecule has 0 bridgehead atoms. The number of carbonyl (C=O) groups is 1. The molecular formula is C12H15NO4S. The first-order valence-corrected chi connectivity index (χ1v) is 6.61. The SMILES string of the molecule is CCOC(=O)CSC(C)c1cccc([N+](=O)[O-])c1. The standard InChI is InChI=1S/C12H15NO4S/c1-3-17-12(14)8-18-9(2)10-5-4-6-11(7-10)13(15)16/h4-7,9H,3,8H2,1-2H3. The molecule has 5 nitrogen and oxygen atoms in total. The van der Waals surface area contributed by atoms with Gasteiger partial charge in [0.25, 0.3) is 5.69 Å². The molecular weight excluding hydrogens is 254 g/mol. The summed E-state index contributed by atoms with van der Waals surface area (Å²) in [7, 11) is 0. The minimum Gasteiger partial charge on any atom is -0.465 e. The molecule has 18 heavy (non-hydrogen) atoms. The number of nitro groups is 1. The van der Waals surface area contributed by atoms with Gasteiger partial charge in [0.1, 0.15) is 0 Å². The molecule has 0 heterocycles. The van der Waals surface area contributed by atoms with Crippen LogP contribution in [0.2, 0.25) is 0 Å². The van der Waals surface area contributed by atoms with Gasteiger partial charge in [0, 0.05) is 17.4 Å². The van der Waals surface area contributed by atoms with Gasteiger partial charge in [-0.15, -0.1) is 11.8 Å². The first kappa shape index (κ1) is 14.5. The van der Waals surface area contributed by atoms with Crippen LogP contribution in [0.25, 0.3) is 0 Å². The summed E-state index contributed by atoms with van der Waals surface area (Å²) in [5, 5.41) is 10.7. The van der Waals surface area contributed by atoms with Crippen molar-refractivity contribution in [2.24, 2.45) is 0 Å². The summed E-state index contributed by atoms with van der Waals surface area (Å²) in [5.74, 6) is -0.0164. The van der Waals surface area contributed by atoms with Gasteiger partial charge >= 0.3 is 5.97 Å². The Kier molecular flexibility index (Phi) is 5.64. The summed E-state index contributed by atoms with van der Waals surface area (Å²) < 4.78 is 4.82. The molecule has 0 fully saturated rings. The average molecular weight is 269 g/mol. The number of hydrogen-bond acceptors (Lipinski definition) is 5. The summed E-state index contributed by atoms with van der Waals surface area (Å²) >= 11 is 1.40. The van der Waals surface area contributed by atoms with Gasteiger partial charge in [-0.05, 0) is 19.4 Å². The van der Waals surface area contributed by atoms with Crippen molar-refractivity contribution < 1.29 is 14.5 Å². The van der Waals surface area contributed by atoms with Crippen LogP contribution in [0.1, 0.15) is 24.7 Å². The molecule has 98 valence electrons. The third-order valence-corrected chi connectivity index (χ3v) is 3.48. The zero-order valence-electron chi connectivity index (χ0n) is 10.3. The highest BCUT2D eigenvalue weighted by Gasteiger charge is 2.13. The van der Waals surface area contributed by atoms with Crippen molar-refractivity contribution in [3.05, 3.63) is 39.9 Å². The van der Waals surface area contributed by atoms with E-state index in [1.807, 2.05) is 13.0 Å². The number of nitrogens with zero attached hydrogens (tertiary/aromatic N) is 1. The molecule has 1 unspecified atom stereocenters. The number of nitro benzene ring substituents is 1. The Morgan fingerprint density at radius 1 is 1.56 bits per heavy atom. The van der Waals surface area contributed by atoms with Gasteiger partial charge in [-0.2, -0.15) is 0 Å². The van der Waals surface area contributed by atoms with Crippen LogP contribution in [0.4, 0.5) is 5.69 Å². The molecule has 6 heteroatoms. The lowest BCUT2D eigenvalue weighted by atomic mass is 10.1. The second-order valence-corrected chi connectivity index (χ2v) is 4.94. The van der Waals surface area contributed by atoms with E-state index in [0.29, 0.717) is 6.61 Å². The van der Waals surface area contributed by atoms with E-state index in [4.69, 9.17) is 4.74 Å².